The van der Waals surface area contributed by atoms with E-state index in [2.05, 4.69) is 15.6 Å². The highest BCUT2D eigenvalue weighted by Crippen LogP contribution is 2.30. The average molecular weight is 445 g/mol. The highest BCUT2D eigenvalue weighted by molar-refractivity contribution is 5.98. The third-order valence-corrected chi connectivity index (χ3v) is 6.22. The van der Waals surface area contributed by atoms with Crippen molar-refractivity contribution in [3.05, 3.63) is 23.8 Å². The molecule has 1 unspecified atom stereocenters. The first-order valence-electron chi connectivity index (χ1n) is 11.6. The van der Waals surface area contributed by atoms with Crippen LogP contribution >= 0.6 is 0 Å². The molecule has 2 fully saturated rings. The van der Waals surface area contributed by atoms with Gasteiger partial charge in [-0.05, 0) is 48.8 Å². The summed E-state index contributed by atoms with van der Waals surface area (Å²) in [6, 6.07) is 4.73. The smallest absolute Gasteiger partial charge is 0.244 e. The number of methoxy groups -OCH3 is 2. The van der Waals surface area contributed by atoms with Gasteiger partial charge in [-0.3, -0.25) is 14.9 Å². The number of rotatable bonds is 10. The zero-order valence-corrected chi connectivity index (χ0v) is 19.2. The lowest BCUT2D eigenvalue weighted by Crippen LogP contribution is -2.42. The monoisotopic (exact) mass is 444 g/mol. The Bertz CT molecular complexity index is 816. The molecule has 2 aliphatic rings. The van der Waals surface area contributed by atoms with E-state index in [0.717, 1.165) is 18.4 Å². The van der Waals surface area contributed by atoms with E-state index in [9.17, 15) is 9.59 Å². The molecular weight excluding hydrogens is 408 g/mol. The van der Waals surface area contributed by atoms with E-state index in [1.165, 1.54) is 32.1 Å². The van der Waals surface area contributed by atoms with Crippen molar-refractivity contribution in [2.75, 3.05) is 20.8 Å². The molecule has 0 radical (unpaired) electrons. The molecule has 8 heteroatoms. The van der Waals surface area contributed by atoms with E-state index in [4.69, 9.17) is 15.2 Å². The van der Waals surface area contributed by atoms with Gasteiger partial charge in [0.15, 0.2) is 17.5 Å². The molecule has 32 heavy (non-hydrogen) atoms. The summed E-state index contributed by atoms with van der Waals surface area (Å²) in [5.74, 6) is 1.81. The molecule has 0 spiro atoms. The van der Waals surface area contributed by atoms with E-state index in [1.54, 1.807) is 32.4 Å². The maximum Gasteiger partial charge on any atom is 0.244 e. The van der Waals surface area contributed by atoms with E-state index in [-0.39, 0.29) is 24.2 Å². The quantitative estimate of drug-likeness (QED) is 0.379. The number of nitrogens with one attached hydrogen (secondary N) is 2. The summed E-state index contributed by atoms with van der Waals surface area (Å²) in [6.45, 7) is 0.696. The maximum atomic E-state index is 12.8. The molecule has 0 heterocycles. The van der Waals surface area contributed by atoms with Crippen molar-refractivity contribution in [2.45, 2.75) is 63.8 Å². The van der Waals surface area contributed by atoms with Crippen molar-refractivity contribution in [3.63, 3.8) is 0 Å². The second-order valence-corrected chi connectivity index (χ2v) is 8.87. The van der Waals surface area contributed by atoms with E-state index in [0.29, 0.717) is 36.3 Å². The molecule has 0 aliphatic heterocycles. The van der Waals surface area contributed by atoms with Gasteiger partial charge >= 0.3 is 0 Å². The van der Waals surface area contributed by atoms with Crippen LogP contribution in [0.4, 0.5) is 0 Å². The molecule has 1 atom stereocenters. The van der Waals surface area contributed by atoms with Gasteiger partial charge in [-0.25, -0.2) is 4.99 Å². The summed E-state index contributed by atoms with van der Waals surface area (Å²) in [6.07, 6.45) is 9.01. The van der Waals surface area contributed by atoms with Crippen molar-refractivity contribution in [2.24, 2.45) is 22.6 Å². The van der Waals surface area contributed by atoms with Crippen LogP contribution < -0.4 is 25.8 Å². The predicted molar refractivity (Wildman–Crippen MR) is 124 cm³/mol. The van der Waals surface area contributed by atoms with Crippen molar-refractivity contribution in [1.82, 2.24) is 10.6 Å². The Morgan fingerprint density at radius 3 is 2.44 bits per heavy atom. The number of carbonyl (C=O) groups is 2. The minimum Gasteiger partial charge on any atom is -0.493 e. The van der Waals surface area contributed by atoms with Crippen molar-refractivity contribution in [3.8, 4) is 11.5 Å². The molecule has 1 aromatic carbocycles. The number of carbonyl (C=O) groups excluding carboxylic acids is 2. The van der Waals surface area contributed by atoms with Gasteiger partial charge in [-0.1, -0.05) is 38.2 Å². The van der Waals surface area contributed by atoms with Crippen LogP contribution in [0.15, 0.2) is 23.2 Å². The molecule has 2 saturated carbocycles. The SMILES string of the molecule is COc1ccc(CC(=O)NC(N)=NC(CC2CCCCC2)C(=O)NCC2CC2)cc1OC. The summed E-state index contributed by atoms with van der Waals surface area (Å²) >= 11 is 0. The van der Waals surface area contributed by atoms with E-state index < -0.39 is 6.04 Å². The second-order valence-electron chi connectivity index (χ2n) is 8.87. The number of amides is 2. The van der Waals surface area contributed by atoms with Crippen LogP contribution in [-0.2, 0) is 16.0 Å². The molecule has 0 saturated heterocycles. The summed E-state index contributed by atoms with van der Waals surface area (Å²) in [7, 11) is 3.11. The number of hydrogen-bond donors (Lipinski definition) is 3. The van der Waals surface area contributed by atoms with Gasteiger partial charge in [0.05, 0.1) is 20.6 Å². The molecule has 2 amide bonds. The normalized spacial score (nSPS) is 18.0. The Hall–Kier alpha value is -2.77. The largest absolute Gasteiger partial charge is 0.493 e. The number of benzene rings is 1. The Morgan fingerprint density at radius 2 is 1.78 bits per heavy atom. The van der Waals surface area contributed by atoms with Gasteiger partial charge in [0.25, 0.3) is 0 Å². The Labute approximate surface area is 190 Å². The van der Waals surface area contributed by atoms with Crippen LogP contribution in [0.1, 0.15) is 56.9 Å². The van der Waals surface area contributed by atoms with Gasteiger partial charge in [0, 0.05) is 6.54 Å². The van der Waals surface area contributed by atoms with Gasteiger partial charge < -0.3 is 20.5 Å². The highest BCUT2D eigenvalue weighted by atomic mass is 16.5. The lowest BCUT2D eigenvalue weighted by atomic mass is 9.85. The number of aliphatic imine (C=N–C) groups is 1. The summed E-state index contributed by atoms with van der Waals surface area (Å²) in [4.78, 5) is 29.7. The predicted octanol–water partition coefficient (Wildman–Crippen LogP) is 2.54. The van der Waals surface area contributed by atoms with Crippen LogP contribution in [0.25, 0.3) is 0 Å². The molecule has 8 nitrogen and oxygen atoms in total. The third kappa shape index (κ3) is 7.43. The van der Waals surface area contributed by atoms with E-state index >= 15 is 0 Å². The molecule has 0 aromatic heterocycles. The van der Waals surface area contributed by atoms with Gasteiger partial charge in [-0.15, -0.1) is 0 Å². The Balaban J connectivity index is 1.60. The van der Waals surface area contributed by atoms with Gasteiger partial charge in [0.2, 0.25) is 11.8 Å². The first kappa shape index (κ1) is 23.9. The zero-order chi connectivity index (χ0) is 22.9. The maximum absolute atomic E-state index is 12.8. The first-order valence-corrected chi connectivity index (χ1v) is 11.6. The molecule has 3 rings (SSSR count). The Kier molecular flexibility index (Phi) is 8.76. The molecule has 1 aromatic rings. The van der Waals surface area contributed by atoms with Crippen LogP contribution in [0.2, 0.25) is 0 Å². The van der Waals surface area contributed by atoms with Crippen LogP contribution in [-0.4, -0.2) is 44.6 Å². The van der Waals surface area contributed by atoms with Crippen LogP contribution in [0.5, 0.6) is 11.5 Å². The average Bonchev–Trinajstić information content (AvgIpc) is 3.62. The van der Waals surface area contributed by atoms with Crippen molar-refractivity contribution < 1.29 is 19.1 Å². The summed E-state index contributed by atoms with van der Waals surface area (Å²) < 4.78 is 10.5. The molecule has 176 valence electrons. The van der Waals surface area contributed by atoms with Crippen molar-refractivity contribution >= 4 is 17.8 Å². The third-order valence-electron chi connectivity index (χ3n) is 6.22. The van der Waals surface area contributed by atoms with Crippen molar-refractivity contribution in [1.29, 1.82) is 0 Å². The molecule has 4 N–H and O–H groups in total. The van der Waals surface area contributed by atoms with E-state index in [1.807, 2.05) is 0 Å². The highest BCUT2D eigenvalue weighted by Gasteiger charge is 2.27. The number of nitrogens with two attached hydrogens (primary N) is 1. The first-order chi connectivity index (χ1) is 15.5. The second kappa shape index (κ2) is 11.7. The van der Waals surface area contributed by atoms with Gasteiger partial charge in [0.1, 0.15) is 6.04 Å². The minimum atomic E-state index is -0.571. The fraction of sp³-hybridized carbons (Fsp3) is 0.625. The fourth-order valence-corrected chi connectivity index (χ4v) is 4.20. The Morgan fingerprint density at radius 1 is 1.06 bits per heavy atom. The standard InChI is InChI=1S/C24H36N4O4/c1-31-20-11-10-18(13-21(20)32-2)14-22(29)28-24(25)27-19(12-16-6-4-3-5-7-16)23(30)26-15-17-8-9-17/h10-11,13,16-17,19H,3-9,12,14-15H2,1-2H3,(H,26,30)(H3,25,27,28,29). The number of ether oxygens (including phenoxy) is 2. The molecule has 0 bridgehead atoms. The zero-order valence-electron chi connectivity index (χ0n) is 19.2. The van der Waals surface area contributed by atoms with Crippen LogP contribution in [0.3, 0.4) is 0 Å². The summed E-state index contributed by atoms with van der Waals surface area (Å²) in [5.41, 5.74) is 6.79. The van der Waals surface area contributed by atoms with Gasteiger partial charge in [-0.2, -0.15) is 0 Å². The lowest BCUT2D eigenvalue weighted by Gasteiger charge is -2.24. The number of hydrogen-bond acceptors (Lipinski definition) is 5. The minimum absolute atomic E-state index is 0.0159. The molecular formula is C24H36N4O4. The summed E-state index contributed by atoms with van der Waals surface area (Å²) in [5, 5.41) is 5.65. The fourth-order valence-electron chi connectivity index (χ4n) is 4.20. The number of nitrogens with zero attached hydrogens (tertiary/aromatic N) is 1. The lowest BCUT2D eigenvalue weighted by molar-refractivity contribution is -0.123. The van der Waals surface area contributed by atoms with Crippen LogP contribution in [0, 0.1) is 11.8 Å². The number of guanidine groups is 1. The molecule has 2 aliphatic carbocycles. The topological polar surface area (TPSA) is 115 Å².